The number of anilines is 1. The molecule has 0 unspecified atom stereocenters. The third-order valence-electron chi connectivity index (χ3n) is 4.55. The first-order valence-corrected chi connectivity index (χ1v) is 8.31. The van der Waals surface area contributed by atoms with Crippen molar-refractivity contribution in [2.75, 3.05) is 31.6 Å². The van der Waals surface area contributed by atoms with Crippen LogP contribution in [0, 0.1) is 13.8 Å². The van der Waals surface area contributed by atoms with Crippen LogP contribution < -0.4 is 4.90 Å². The molecule has 1 atom stereocenters. The summed E-state index contributed by atoms with van der Waals surface area (Å²) in [6.45, 7) is 4.90. The predicted molar refractivity (Wildman–Crippen MR) is 91.4 cm³/mol. The van der Waals surface area contributed by atoms with E-state index in [0.29, 0.717) is 30.0 Å². The Labute approximate surface area is 146 Å². The normalized spacial score (nSPS) is 20.6. The van der Waals surface area contributed by atoms with Crippen LogP contribution in [-0.4, -0.2) is 63.3 Å². The zero-order chi connectivity index (χ0) is 18.0. The van der Waals surface area contributed by atoms with Crippen molar-refractivity contribution in [2.24, 2.45) is 0 Å². The first-order chi connectivity index (χ1) is 11.9. The molecule has 0 bridgehead atoms. The second kappa shape index (κ2) is 6.79. The fraction of sp³-hybridized carbons (Fsp3) is 0.529. The third-order valence-corrected chi connectivity index (χ3v) is 4.55. The van der Waals surface area contributed by atoms with Gasteiger partial charge in [0.05, 0.1) is 24.0 Å². The number of piperidine rings is 1. The molecular formula is C17H23N5O3. The van der Waals surface area contributed by atoms with Crippen LogP contribution >= 0.6 is 0 Å². The minimum absolute atomic E-state index is 0.193. The van der Waals surface area contributed by atoms with Crippen LogP contribution in [0.2, 0.25) is 0 Å². The zero-order valence-electron chi connectivity index (χ0n) is 14.8. The highest BCUT2D eigenvalue weighted by Gasteiger charge is 2.36. The van der Waals surface area contributed by atoms with Crippen LogP contribution in [0.1, 0.15) is 34.7 Å². The fourth-order valence-corrected chi connectivity index (χ4v) is 3.38. The topological polar surface area (TPSA) is 95.6 Å². The molecular weight excluding hydrogens is 322 g/mol. The average Bonchev–Trinajstić information content (AvgIpc) is 2.93. The van der Waals surface area contributed by atoms with E-state index in [1.807, 2.05) is 4.90 Å². The van der Waals surface area contributed by atoms with Crippen molar-refractivity contribution in [3.63, 3.8) is 0 Å². The second-order valence-electron chi connectivity index (χ2n) is 6.67. The monoisotopic (exact) mass is 345 g/mol. The molecule has 0 aliphatic carbocycles. The van der Waals surface area contributed by atoms with Gasteiger partial charge in [-0.1, -0.05) is 5.16 Å². The lowest BCUT2D eigenvalue weighted by Gasteiger charge is -2.41. The van der Waals surface area contributed by atoms with Crippen LogP contribution in [0.15, 0.2) is 23.1 Å². The van der Waals surface area contributed by atoms with Crippen molar-refractivity contribution in [3.05, 3.63) is 35.6 Å². The van der Waals surface area contributed by atoms with E-state index in [-0.39, 0.29) is 12.5 Å². The van der Waals surface area contributed by atoms with Gasteiger partial charge in [0.15, 0.2) is 0 Å². The van der Waals surface area contributed by atoms with E-state index in [0.717, 1.165) is 18.8 Å². The summed E-state index contributed by atoms with van der Waals surface area (Å²) >= 11 is 0. The number of amides is 1. The number of carbonyl (C=O) groups is 1. The van der Waals surface area contributed by atoms with E-state index in [9.17, 15) is 9.90 Å². The van der Waals surface area contributed by atoms with E-state index in [1.165, 1.54) is 4.90 Å². The minimum Gasteiger partial charge on any atom is -0.386 e. The SMILES string of the molecule is Cc1noc(C)c1C(=O)N(C)C[C@]1(O)CCCN(c2cnccn2)C1. The van der Waals surface area contributed by atoms with Crippen LogP contribution in [0.4, 0.5) is 5.82 Å². The highest BCUT2D eigenvalue weighted by Crippen LogP contribution is 2.26. The fourth-order valence-electron chi connectivity index (χ4n) is 3.38. The van der Waals surface area contributed by atoms with Gasteiger partial charge in [-0.3, -0.25) is 9.78 Å². The van der Waals surface area contributed by atoms with E-state index >= 15 is 0 Å². The van der Waals surface area contributed by atoms with Gasteiger partial charge in [-0.25, -0.2) is 4.98 Å². The number of hydrogen-bond donors (Lipinski definition) is 1. The first kappa shape index (κ1) is 17.3. The molecule has 1 amide bonds. The Hall–Kier alpha value is -2.48. The molecule has 0 aromatic carbocycles. The van der Waals surface area contributed by atoms with Gasteiger partial charge in [-0.2, -0.15) is 0 Å². The molecule has 1 aliphatic heterocycles. The van der Waals surface area contributed by atoms with E-state index in [2.05, 4.69) is 15.1 Å². The molecule has 3 rings (SSSR count). The predicted octanol–water partition coefficient (Wildman–Crippen LogP) is 1.18. The summed E-state index contributed by atoms with van der Waals surface area (Å²) in [6, 6.07) is 0. The molecule has 0 radical (unpaired) electrons. The Morgan fingerprint density at radius 1 is 1.44 bits per heavy atom. The molecule has 1 saturated heterocycles. The lowest BCUT2D eigenvalue weighted by atomic mass is 9.92. The lowest BCUT2D eigenvalue weighted by molar-refractivity contribution is -0.000215. The van der Waals surface area contributed by atoms with Crippen molar-refractivity contribution in [3.8, 4) is 0 Å². The number of carbonyl (C=O) groups excluding carboxylic acids is 1. The number of nitrogens with zero attached hydrogens (tertiary/aromatic N) is 5. The van der Waals surface area contributed by atoms with E-state index < -0.39 is 5.60 Å². The molecule has 8 heteroatoms. The van der Waals surface area contributed by atoms with Crippen LogP contribution in [0.25, 0.3) is 0 Å². The smallest absolute Gasteiger partial charge is 0.259 e. The van der Waals surface area contributed by atoms with Gasteiger partial charge in [0.1, 0.15) is 17.1 Å². The van der Waals surface area contributed by atoms with Crippen LogP contribution in [-0.2, 0) is 0 Å². The number of aromatic nitrogens is 3. The number of aliphatic hydroxyl groups is 1. The quantitative estimate of drug-likeness (QED) is 0.889. The maximum atomic E-state index is 12.7. The van der Waals surface area contributed by atoms with Crippen molar-refractivity contribution in [1.82, 2.24) is 20.0 Å². The van der Waals surface area contributed by atoms with Crippen molar-refractivity contribution < 1.29 is 14.4 Å². The Morgan fingerprint density at radius 2 is 2.24 bits per heavy atom. The van der Waals surface area contributed by atoms with Crippen molar-refractivity contribution >= 4 is 11.7 Å². The van der Waals surface area contributed by atoms with E-state index in [1.54, 1.807) is 39.5 Å². The van der Waals surface area contributed by atoms with Gasteiger partial charge in [0, 0.05) is 32.5 Å². The Morgan fingerprint density at radius 3 is 2.88 bits per heavy atom. The largest absolute Gasteiger partial charge is 0.386 e. The highest BCUT2D eigenvalue weighted by atomic mass is 16.5. The summed E-state index contributed by atoms with van der Waals surface area (Å²) in [5.41, 5.74) is 0.0259. The first-order valence-electron chi connectivity index (χ1n) is 8.31. The maximum Gasteiger partial charge on any atom is 0.259 e. The lowest BCUT2D eigenvalue weighted by Crippen LogP contribution is -2.55. The number of hydrogen-bond acceptors (Lipinski definition) is 7. The Balaban J connectivity index is 1.71. The van der Waals surface area contributed by atoms with Crippen LogP contribution in [0.3, 0.4) is 0 Å². The number of β-amino-alcohol motifs (C(OH)–C–C–N with tert-alkyl or cyclic N) is 1. The molecule has 2 aromatic rings. The standard InChI is InChI=1S/C17H23N5O3/c1-12-15(13(2)25-20-12)16(23)21(3)10-17(24)5-4-8-22(11-17)14-9-18-6-7-19-14/h6-7,9,24H,4-5,8,10-11H2,1-3H3/t17-/m1/s1. The molecule has 0 saturated carbocycles. The minimum atomic E-state index is -1.00. The van der Waals surface area contributed by atoms with Gasteiger partial charge in [-0.15, -0.1) is 0 Å². The van der Waals surface area contributed by atoms with Gasteiger partial charge < -0.3 is 19.4 Å². The molecule has 1 fully saturated rings. The molecule has 25 heavy (non-hydrogen) atoms. The van der Waals surface area contributed by atoms with Crippen molar-refractivity contribution in [2.45, 2.75) is 32.3 Å². The van der Waals surface area contributed by atoms with E-state index in [4.69, 9.17) is 4.52 Å². The summed E-state index contributed by atoms with van der Waals surface area (Å²) in [4.78, 5) is 24.6. The summed E-state index contributed by atoms with van der Waals surface area (Å²) < 4.78 is 5.07. The summed E-state index contributed by atoms with van der Waals surface area (Å²) in [7, 11) is 1.69. The molecule has 2 aromatic heterocycles. The number of aryl methyl sites for hydroxylation is 2. The Kier molecular flexibility index (Phi) is 4.71. The average molecular weight is 345 g/mol. The van der Waals surface area contributed by atoms with Gasteiger partial charge in [0.25, 0.3) is 5.91 Å². The molecule has 1 N–H and O–H groups in total. The maximum absolute atomic E-state index is 12.7. The summed E-state index contributed by atoms with van der Waals surface area (Å²) in [6.07, 6.45) is 6.39. The molecule has 1 aliphatic rings. The number of likely N-dealkylation sites (N-methyl/N-ethyl adjacent to an activating group) is 1. The molecule has 0 spiro atoms. The summed E-state index contributed by atoms with van der Waals surface area (Å²) in [5.74, 6) is 1.03. The summed E-state index contributed by atoms with van der Waals surface area (Å²) in [5, 5.41) is 14.9. The zero-order valence-corrected chi connectivity index (χ0v) is 14.8. The van der Waals surface area contributed by atoms with Crippen molar-refractivity contribution in [1.29, 1.82) is 0 Å². The third kappa shape index (κ3) is 3.63. The molecule has 134 valence electrons. The van der Waals surface area contributed by atoms with Gasteiger partial charge in [-0.05, 0) is 26.7 Å². The van der Waals surface area contributed by atoms with Gasteiger partial charge >= 0.3 is 0 Å². The second-order valence-corrected chi connectivity index (χ2v) is 6.67. The van der Waals surface area contributed by atoms with Crippen LogP contribution in [0.5, 0.6) is 0 Å². The molecule has 3 heterocycles. The molecule has 8 nitrogen and oxygen atoms in total. The van der Waals surface area contributed by atoms with Gasteiger partial charge in [0.2, 0.25) is 0 Å². The highest BCUT2D eigenvalue weighted by molar-refractivity contribution is 5.96. The Bertz CT molecular complexity index is 728. The number of rotatable bonds is 4.